The van der Waals surface area contributed by atoms with Crippen LogP contribution in [0.25, 0.3) is 0 Å². The molecule has 0 amide bonds. The van der Waals surface area contributed by atoms with E-state index in [1.54, 1.807) is 0 Å². The van der Waals surface area contributed by atoms with Crippen LogP contribution in [0.1, 0.15) is 18.9 Å². The Balaban J connectivity index is 2.19. The zero-order chi connectivity index (χ0) is 12.6. The standard InChI is InChI=1S/C13H17F2NO/c1-9-6-13(17,8-16(9)2)7-10-4-3-5-11(14)12(10)15/h3-5,9,17H,6-8H2,1-2H3. The average Bonchev–Trinajstić information content (AvgIpc) is 2.48. The van der Waals surface area contributed by atoms with Gasteiger partial charge in [-0.1, -0.05) is 12.1 Å². The number of nitrogens with zero attached hydrogens (tertiary/aromatic N) is 1. The highest BCUT2D eigenvalue weighted by Crippen LogP contribution is 2.30. The summed E-state index contributed by atoms with van der Waals surface area (Å²) in [6.45, 7) is 2.50. The van der Waals surface area contributed by atoms with Gasteiger partial charge in [-0.05, 0) is 32.0 Å². The summed E-state index contributed by atoms with van der Waals surface area (Å²) in [5, 5.41) is 10.4. The summed E-state index contributed by atoms with van der Waals surface area (Å²) >= 11 is 0. The van der Waals surface area contributed by atoms with Gasteiger partial charge in [0.15, 0.2) is 11.6 Å². The first kappa shape index (κ1) is 12.5. The fourth-order valence-corrected chi connectivity index (χ4v) is 2.56. The summed E-state index contributed by atoms with van der Waals surface area (Å²) in [6.07, 6.45) is 0.741. The van der Waals surface area contributed by atoms with E-state index in [0.717, 1.165) is 6.07 Å². The van der Waals surface area contributed by atoms with Gasteiger partial charge >= 0.3 is 0 Å². The Morgan fingerprint density at radius 3 is 2.76 bits per heavy atom. The molecule has 0 aliphatic carbocycles. The molecule has 0 saturated carbocycles. The van der Waals surface area contributed by atoms with Crippen molar-refractivity contribution in [2.75, 3.05) is 13.6 Å². The second-order valence-corrected chi connectivity index (χ2v) is 5.08. The van der Waals surface area contributed by atoms with E-state index in [4.69, 9.17) is 0 Å². The van der Waals surface area contributed by atoms with Crippen LogP contribution >= 0.6 is 0 Å². The molecule has 2 unspecified atom stereocenters. The number of β-amino-alcohol motifs (C(OH)–C–C–N with tert-alkyl or cyclic N) is 1. The maximum Gasteiger partial charge on any atom is 0.162 e. The highest BCUT2D eigenvalue weighted by Gasteiger charge is 2.39. The van der Waals surface area contributed by atoms with Gasteiger partial charge in [-0.3, -0.25) is 0 Å². The lowest BCUT2D eigenvalue weighted by Crippen LogP contribution is -2.34. The number of halogens is 2. The zero-order valence-corrected chi connectivity index (χ0v) is 10.1. The number of hydrogen-bond acceptors (Lipinski definition) is 2. The number of likely N-dealkylation sites (N-methyl/N-ethyl adjacent to an activating group) is 1. The van der Waals surface area contributed by atoms with Crippen LogP contribution in [0.15, 0.2) is 18.2 Å². The molecule has 17 heavy (non-hydrogen) atoms. The molecular weight excluding hydrogens is 224 g/mol. The van der Waals surface area contributed by atoms with Crippen molar-refractivity contribution in [3.63, 3.8) is 0 Å². The molecule has 0 spiro atoms. The molecule has 1 fully saturated rings. The van der Waals surface area contributed by atoms with Crippen LogP contribution < -0.4 is 0 Å². The third-order valence-electron chi connectivity index (χ3n) is 3.52. The summed E-state index contributed by atoms with van der Waals surface area (Å²) in [5.74, 6) is -1.70. The molecule has 2 nitrogen and oxygen atoms in total. The van der Waals surface area contributed by atoms with Crippen molar-refractivity contribution in [2.45, 2.75) is 31.4 Å². The second kappa shape index (κ2) is 4.35. The Bertz CT molecular complexity index is 412. The van der Waals surface area contributed by atoms with Crippen molar-refractivity contribution in [3.8, 4) is 0 Å². The highest BCUT2D eigenvalue weighted by molar-refractivity contribution is 5.21. The summed E-state index contributed by atoms with van der Waals surface area (Å²) in [7, 11) is 1.92. The van der Waals surface area contributed by atoms with E-state index in [1.807, 2.05) is 18.9 Å². The molecular formula is C13H17F2NO. The third kappa shape index (κ3) is 2.48. The normalized spacial score (nSPS) is 29.8. The van der Waals surface area contributed by atoms with Crippen molar-refractivity contribution < 1.29 is 13.9 Å². The number of hydrogen-bond donors (Lipinski definition) is 1. The van der Waals surface area contributed by atoms with Gasteiger partial charge in [-0.2, -0.15) is 0 Å². The first-order chi connectivity index (χ1) is 7.91. The summed E-state index contributed by atoms with van der Waals surface area (Å²) in [5.41, 5.74) is -0.710. The number of rotatable bonds is 2. The van der Waals surface area contributed by atoms with Gasteiger partial charge in [0, 0.05) is 19.0 Å². The minimum Gasteiger partial charge on any atom is -0.388 e. The first-order valence-corrected chi connectivity index (χ1v) is 5.77. The van der Waals surface area contributed by atoms with E-state index in [-0.39, 0.29) is 18.0 Å². The molecule has 94 valence electrons. The first-order valence-electron chi connectivity index (χ1n) is 5.77. The lowest BCUT2D eigenvalue weighted by molar-refractivity contribution is 0.0510. The van der Waals surface area contributed by atoms with Crippen molar-refractivity contribution in [1.82, 2.24) is 4.90 Å². The lowest BCUT2D eigenvalue weighted by atomic mass is 9.92. The smallest absolute Gasteiger partial charge is 0.162 e. The van der Waals surface area contributed by atoms with Crippen LogP contribution in [-0.4, -0.2) is 35.2 Å². The minimum atomic E-state index is -0.956. The third-order valence-corrected chi connectivity index (χ3v) is 3.52. The van der Waals surface area contributed by atoms with Crippen LogP contribution in [0.2, 0.25) is 0 Å². The fraction of sp³-hybridized carbons (Fsp3) is 0.538. The van der Waals surface area contributed by atoms with Crippen molar-refractivity contribution in [2.24, 2.45) is 0 Å². The minimum absolute atomic E-state index is 0.158. The summed E-state index contributed by atoms with van der Waals surface area (Å²) in [4.78, 5) is 2.03. The molecule has 1 aromatic carbocycles. The van der Waals surface area contributed by atoms with Crippen LogP contribution in [0, 0.1) is 11.6 Å². The molecule has 0 aromatic heterocycles. The lowest BCUT2D eigenvalue weighted by Gasteiger charge is -2.22. The Morgan fingerprint density at radius 1 is 1.47 bits per heavy atom. The quantitative estimate of drug-likeness (QED) is 0.855. The van der Waals surface area contributed by atoms with Gasteiger partial charge < -0.3 is 10.0 Å². The predicted octanol–water partition coefficient (Wildman–Crippen LogP) is 1.96. The van der Waals surface area contributed by atoms with E-state index >= 15 is 0 Å². The fourth-order valence-electron chi connectivity index (χ4n) is 2.56. The van der Waals surface area contributed by atoms with E-state index in [2.05, 4.69) is 0 Å². The van der Waals surface area contributed by atoms with Gasteiger partial charge in [0.2, 0.25) is 0 Å². The maximum absolute atomic E-state index is 13.5. The Labute approximate surface area is 99.9 Å². The largest absolute Gasteiger partial charge is 0.388 e. The van der Waals surface area contributed by atoms with Gasteiger partial charge in [0.1, 0.15) is 0 Å². The Morgan fingerprint density at radius 2 is 2.18 bits per heavy atom. The van der Waals surface area contributed by atoms with E-state index in [0.29, 0.717) is 13.0 Å². The molecule has 4 heteroatoms. The molecule has 0 radical (unpaired) electrons. The molecule has 1 aromatic rings. The van der Waals surface area contributed by atoms with Crippen LogP contribution in [0.5, 0.6) is 0 Å². The van der Waals surface area contributed by atoms with Gasteiger partial charge in [0.05, 0.1) is 5.60 Å². The van der Waals surface area contributed by atoms with E-state index < -0.39 is 17.2 Å². The topological polar surface area (TPSA) is 23.5 Å². The summed E-state index contributed by atoms with van der Waals surface area (Å²) in [6, 6.07) is 4.35. The van der Waals surface area contributed by atoms with Crippen molar-refractivity contribution >= 4 is 0 Å². The highest BCUT2D eigenvalue weighted by atomic mass is 19.2. The van der Waals surface area contributed by atoms with Gasteiger partial charge in [0.25, 0.3) is 0 Å². The van der Waals surface area contributed by atoms with Gasteiger partial charge in [-0.25, -0.2) is 8.78 Å². The molecule has 1 saturated heterocycles. The van der Waals surface area contributed by atoms with E-state index in [9.17, 15) is 13.9 Å². The average molecular weight is 241 g/mol. The Kier molecular flexibility index (Phi) is 3.19. The molecule has 2 rings (SSSR count). The molecule has 1 aliphatic heterocycles. The monoisotopic (exact) mass is 241 g/mol. The van der Waals surface area contributed by atoms with Crippen LogP contribution in [0.3, 0.4) is 0 Å². The molecule has 1 aliphatic rings. The SMILES string of the molecule is CC1CC(O)(Cc2cccc(F)c2F)CN1C. The summed E-state index contributed by atoms with van der Waals surface area (Å²) < 4.78 is 26.6. The molecule has 1 heterocycles. The number of likely N-dealkylation sites (tertiary alicyclic amines) is 1. The van der Waals surface area contributed by atoms with Crippen molar-refractivity contribution in [3.05, 3.63) is 35.4 Å². The van der Waals surface area contributed by atoms with E-state index in [1.165, 1.54) is 12.1 Å². The molecule has 1 N–H and O–H groups in total. The predicted molar refractivity (Wildman–Crippen MR) is 61.7 cm³/mol. The zero-order valence-electron chi connectivity index (χ0n) is 10.1. The Hall–Kier alpha value is -1.00. The maximum atomic E-state index is 13.5. The van der Waals surface area contributed by atoms with Gasteiger partial charge in [-0.15, -0.1) is 0 Å². The second-order valence-electron chi connectivity index (χ2n) is 5.08. The molecule has 2 atom stereocenters. The molecule has 0 bridgehead atoms. The number of benzene rings is 1. The van der Waals surface area contributed by atoms with Crippen LogP contribution in [-0.2, 0) is 6.42 Å². The van der Waals surface area contributed by atoms with Crippen LogP contribution in [0.4, 0.5) is 8.78 Å². The van der Waals surface area contributed by atoms with Crippen molar-refractivity contribution in [1.29, 1.82) is 0 Å². The number of aliphatic hydroxyl groups is 1.